The number of hydrogen-bond donors (Lipinski definition) is 2. The number of carbonyl (C=O) groups excluding carboxylic acids is 1. The number of nitrogens with zero attached hydrogens (tertiary/aromatic N) is 2. The maximum absolute atomic E-state index is 11.9. The monoisotopic (exact) mass is 300 g/mol. The van der Waals surface area contributed by atoms with Gasteiger partial charge in [0.25, 0.3) is 0 Å². The average molecular weight is 300 g/mol. The minimum absolute atomic E-state index is 0.237. The largest absolute Gasteiger partial charge is 0.338 e. The number of carbonyl (C=O) groups is 1. The molecule has 0 saturated carbocycles. The Hall–Kier alpha value is -2.06. The molecule has 1 heterocycles. The highest BCUT2D eigenvalue weighted by molar-refractivity contribution is 5.90. The first kappa shape index (κ1) is 16.3. The third-order valence-corrected chi connectivity index (χ3v) is 4.09. The van der Waals surface area contributed by atoms with Crippen LogP contribution in [0.3, 0.4) is 0 Å². The van der Waals surface area contributed by atoms with E-state index in [0.717, 1.165) is 25.9 Å². The normalized spacial score (nSPS) is 16.0. The summed E-state index contributed by atoms with van der Waals surface area (Å²) in [5.41, 5.74) is 1.03. The van der Waals surface area contributed by atoms with Gasteiger partial charge in [-0.25, -0.2) is 4.79 Å². The number of nitriles is 1. The Morgan fingerprint density at radius 1 is 1.36 bits per heavy atom. The minimum Gasteiger partial charge on any atom is -0.338 e. The third-order valence-electron chi connectivity index (χ3n) is 4.09. The second-order valence-corrected chi connectivity index (χ2v) is 5.78. The predicted molar refractivity (Wildman–Crippen MR) is 87.6 cm³/mol. The molecule has 5 nitrogen and oxygen atoms in total. The highest BCUT2D eigenvalue weighted by Crippen LogP contribution is 2.17. The van der Waals surface area contributed by atoms with Gasteiger partial charge in [-0.15, -0.1) is 0 Å². The van der Waals surface area contributed by atoms with E-state index in [-0.39, 0.29) is 6.03 Å². The van der Waals surface area contributed by atoms with Gasteiger partial charge < -0.3 is 15.5 Å². The molecule has 5 heteroatoms. The predicted octanol–water partition coefficient (Wildman–Crippen LogP) is 2.80. The lowest BCUT2D eigenvalue weighted by molar-refractivity contribution is 0.182. The number of nitrogens with one attached hydrogen (secondary N) is 2. The van der Waals surface area contributed by atoms with Crippen LogP contribution in [0.1, 0.15) is 31.7 Å². The van der Waals surface area contributed by atoms with Gasteiger partial charge in [-0.3, -0.25) is 0 Å². The lowest BCUT2D eigenvalue weighted by atomic mass is 9.97. The number of likely N-dealkylation sites (tertiary alicyclic amines) is 1. The standard InChI is InChI=1S/C17H24N4O/c1-2-9-21-10-7-14(8-11-21)13-19-17(22)20-16-6-4-3-5-15(16)12-18/h3-6,14H,2,7-11,13H2,1H3,(H2,19,20,22). The molecule has 2 N–H and O–H groups in total. The van der Waals surface area contributed by atoms with Crippen LogP contribution in [0.15, 0.2) is 24.3 Å². The Kier molecular flexibility index (Phi) is 6.23. The molecule has 1 aliphatic heterocycles. The zero-order chi connectivity index (χ0) is 15.8. The Labute approximate surface area is 132 Å². The second-order valence-electron chi connectivity index (χ2n) is 5.78. The molecule has 0 aromatic heterocycles. The second kappa shape index (κ2) is 8.40. The van der Waals surface area contributed by atoms with E-state index in [4.69, 9.17) is 5.26 Å². The summed E-state index contributed by atoms with van der Waals surface area (Å²) >= 11 is 0. The van der Waals surface area contributed by atoms with Crippen LogP contribution in [0.2, 0.25) is 0 Å². The molecule has 1 fully saturated rings. The Morgan fingerprint density at radius 3 is 2.77 bits per heavy atom. The fraction of sp³-hybridized carbons (Fsp3) is 0.529. The number of piperidine rings is 1. The van der Waals surface area contributed by atoms with Crippen LogP contribution in [0.5, 0.6) is 0 Å². The molecule has 2 rings (SSSR count). The molecule has 0 spiro atoms. The summed E-state index contributed by atoms with van der Waals surface area (Å²) in [6.45, 7) is 6.32. The van der Waals surface area contributed by atoms with Crippen LogP contribution >= 0.6 is 0 Å². The van der Waals surface area contributed by atoms with Gasteiger partial charge >= 0.3 is 6.03 Å². The van der Waals surface area contributed by atoms with Crippen LogP contribution in [-0.2, 0) is 0 Å². The van der Waals surface area contributed by atoms with Crippen molar-refractivity contribution >= 4 is 11.7 Å². The third kappa shape index (κ3) is 4.74. The number of hydrogen-bond acceptors (Lipinski definition) is 3. The molecule has 2 amide bonds. The minimum atomic E-state index is -0.237. The molecule has 0 bridgehead atoms. The highest BCUT2D eigenvalue weighted by atomic mass is 16.2. The molecule has 0 atom stereocenters. The molecule has 22 heavy (non-hydrogen) atoms. The molecular formula is C17H24N4O. The first-order valence-corrected chi connectivity index (χ1v) is 7.99. The molecule has 1 aromatic rings. The SMILES string of the molecule is CCCN1CCC(CNC(=O)Nc2ccccc2C#N)CC1. The summed E-state index contributed by atoms with van der Waals surface area (Å²) in [6.07, 6.45) is 3.47. The van der Waals surface area contributed by atoms with Crippen LogP contribution in [0.4, 0.5) is 10.5 Å². The van der Waals surface area contributed by atoms with Crippen LogP contribution in [0, 0.1) is 17.2 Å². The number of para-hydroxylation sites is 1. The summed E-state index contributed by atoms with van der Waals surface area (Å²) in [4.78, 5) is 14.4. The molecule has 0 aliphatic carbocycles. The highest BCUT2D eigenvalue weighted by Gasteiger charge is 2.19. The lowest BCUT2D eigenvalue weighted by Gasteiger charge is -2.31. The Morgan fingerprint density at radius 2 is 2.09 bits per heavy atom. The van der Waals surface area contributed by atoms with Crippen molar-refractivity contribution in [2.75, 3.05) is 31.5 Å². The average Bonchev–Trinajstić information content (AvgIpc) is 2.55. The quantitative estimate of drug-likeness (QED) is 0.878. The smallest absolute Gasteiger partial charge is 0.319 e. The molecule has 1 aromatic carbocycles. The summed E-state index contributed by atoms with van der Waals surface area (Å²) in [7, 11) is 0. The van der Waals surface area contributed by atoms with Crippen molar-refractivity contribution in [2.24, 2.45) is 5.92 Å². The zero-order valence-corrected chi connectivity index (χ0v) is 13.1. The molecule has 0 radical (unpaired) electrons. The summed E-state index contributed by atoms with van der Waals surface area (Å²) in [5.74, 6) is 0.546. The van der Waals surface area contributed by atoms with Gasteiger partial charge in [-0.05, 0) is 56.9 Å². The number of anilines is 1. The van der Waals surface area contributed by atoms with E-state index in [9.17, 15) is 4.79 Å². The van der Waals surface area contributed by atoms with Crippen molar-refractivity contribution in [1.82, 2.24) is 10.2 Å². The van der Waals surface area contributed by atoms with Crippen molar-refractivity contribution < 1.29 is 4.79 Å². The van der Waals surface area contributed by atoms with E-state index in [2.05, 4.69) is 28.5 Å². The van der Waals surface area contributed by atoms with E-state index < -0.39 is 0 Å². The van der Waals surface area contributed by atoms with E-state index in [1.54, 1.807) is 24.3 Å². The maximum atomic E-state index is 11.9. The maximum Gasteiger partial charge on any atom is 0.319 e. The molecular weight excluding hydrogens is 276 g/mol. The summed E-state index contributed by atoms with van der Waals surface area (Å²) < 4.78 is 0. The first-order valence-electron chi connectivity index (χ1n) is 7.99. The number of benzene rings is 1. The van der Waals surface area contributed by atoms with Gasteiger partial charge in [0.2, 0.25) is 0 Å². The molecule has 1 aliphatic rings. The van der Waals surface area contributed by atoms with Gasteiger partial charge in [-0.2, -0.15) is 5.26 Å². The van der Waals surface area contributed by atoms with E-state index >= 15 is 0 Å². The molecule has 1 saturated heterocycles. The van der Waals surface area contributed by atoms with Gasteiger partial charge in [0.05, 0.1) is 11.3 Å². The van der Waals surface area contributed by atoms with Crippen molar-refractivity contribution in [2.45, 2.75) is 26.2 Å². The Bertz CT molecular complexity index is 530. The van der Waals surface area contributed by atoms with Crippen LogP contribution in [-0.4, -0.2) is 37.1 Å². The van der Waals surface area contributed by atoms with E-state index in [1.165, 1.54) is 13.0 Å². The summed E-state index contributed by atoms with van der Waals surface area (Å²) in [5, 5.41) is 14.7. The lowest BCUT2D eigenvalue weighted by Crippen LogP contribution is -2.40. The van der Waals surface area contributed by atoms with Gasteiger partial charge in [0.15, 0.2) is 0 Å². The summed E-state index contributed by atoms with van der Waals surface area (Å²) in [6, 6.07) is 8.86. The number of urea groups is 1. The molecule has 118 valence electrons. The van der Waals surface area contributed by atoms with Crippen molar-refractivity contribution in [1.29, 1.82) is 5.26 Å². The zero-order valence-electron chi connectivity index (χ0n) is 13.1. The van der Waals surface area contributed by atoms with E-state index in [1.807, 2.05) is 0 Å². The Balaban J connectivity index is 1.74. The molecule has 0 unspecified atom stereocenters. The van der Waals surface area contributed by atoms with Crippen LogP contribution < -0.4 is 10.6 Å². The van der Waals surface area contributed by atoms with Crippen molar-refractivity contribution in [3.8, 4) is 6.07 Å². The fourth-order valence-electron chi connectivity index (χ4n) is 2.82. The first-order chi connectivity index (χ1) is 10.7. The topological polar surface area (TPSA) is 68.2 Å². The van der Waals surface area contributed by atoms with Gasteiger partial charge in [0, 0.05) is 6.54 Å². The number of rotatable bonds is 5. The van der Waals surface area contributed by atoms with Gasteiger partial charge in [0.1, 0.15) is 6.07 Å². The fourth-order valence-corrected chi connectivity index (χ4v) is 2.82. The van der Waals surface area contributed by atoms with Crippen LogP contribution in [0.25, 0.3) is 0 Å². The van der Waals surface area contributed by atoms with Crippen molar-refractivity contribution in [3.05, 3.63) is 29.8 Å². The number of amides is 2. The van der Waals surface area contributed by atoms with Crippen molar-refractivity contribution in [3.63, 3.8) is 0 Å². The van der Waals surface area contributed by atoms with Gasteiger partial charge in [-0.1, -0.05) is 19.1 Å². The van der Waals surface area contributed by atoms with E-state index in [0.29, 0.717) is 23.7 Å².